The van der Waals surface area contributed by atoms with Gasteiger partial charge in [-0.2, -0.15) is 0 Å². The van der Waals surface area contributed by atoms with Crippen molar-refractivity contribution in [2.24, 2.45) is 0 Å². The summed E-state index contributed by atoms with van der Waals surface area (Å²) in [5, 5.41) is 3.48. The van der Waals surface area contributed by atoms with Gasteiger partial charge in [0.25, 0.3) is 0 Å². The molecule has 2 N–H and O–H groups in total. The van der Waals surface area contributed by atoms with Crippen molar-refractivity contribution >= 4 is 28.8 Å². The van der Waals surface area contributed by atoms with E-state index in [4.69, 9.17) is 23.2 Å². The predicted octanol–water partition coefficient (Wildman–Crippen LogP) is 2.47. The smallest absolute Gasteiger partial charge is 0.0993 e. The molecule has 1 nitrogen and oxygen atoms in total. The third kappa shape index (κ3) is 2.01. The minimum atomic E-state index is 0.672. The second-order valence-corrected chi connectivity index (χ2v) is 3.96. The zero-order valence-corrected chi connectivity index (χ0v) is 9.02. The number of nitrogens with two attached hydrogens (primary N) is 1. The molecular formula is C11H10Cl2N+. The summed E-state index contributed by atoms with van der Waals surface area (Å²) in [4.78, 5) is 0. The lowest BCUT2D eigenvalue weighted by Crippen LogP contribution is -2.78. The zero-order valence-electron chi connectivity index (χ0n) is 7.50. The van der Waals surface area contributed by atoms with E-state index in [0.29, 0.717) is 10.0 Å². The predicted molar refractivity (Wildman–Crippen MR) is 60.4 cm³/mol. The van der Waals surface area contributed by atoms with Crippen LogP contribution in [0, 0.1) is 0 Å². The van der Waals surface area contributed by atoms with Gasteiger partial charge in [0.05, 0.1) is 12.7 Å². The Hall–Kier alpha value is -0.760. The molecule has 72 valence electrons. The molecule has 0 unspecified atom stereocenters. The van der Waals surface area contributed by atoms with Crippen LogP contribution >= 0.6 is 23.2 Å². The lowest BCUT2D eigenvalue weighted by atomic mass is 10.0. The normalized spacial score (nSPS) is 15.4. The van der Waals surface area contributed by atoms with Gasteiger partial charge in [-0.3, -0.25) is 0 Å². The monoisotopic (exact) mass is 226 g/mol. The second-order valence-electron chi connectivity index (χ2n) is 3.11. The fraction of sp³-hybridized carbons (Fsp3) is 0.0909. The highest BCUT2D eigenvalue weighted by Gasteiger charge is 2.07. The molecule has 0 aliphatic carbocycles. The van der Waals surface area contributed by atoms with Gasteiger partial charge in [-0.1, -0.05) is 29.3 Å². The van der Waals surface area contributed by atoms with Crippen LogP contribution in [0.3, 0.4) is 0 Å². The van der Waals surface area contributed by atoms with Crippen molar-refractivity contribution in [2.75, 3.05) is 6.54 Å². The van der Waals surface area contributed by atoms with Crippen molar-refractivity contribution in [3.8, 4) is 0 Å². The maximum Gasteiger partial charge on any atom is 0.0993 e. The molecule has 0 saturated carbocycles. The van der Waals surface area contributed by atoms with Gasteiger partial charge in [0.1, 0.15) is 0 Å². The first-order valence-electron chi connectivity index (χ1n) is 4.43. The molecule has 0 amide bonds. The van der Waals surface area contributed by atoms with Gasteiger partial charge in [0.15, 0.2) is 0 Å². The Labute approximate surface area is 93.0 Å². The highest BCUT2D eigenvalue weighted by molar-refractivity contribution is 6.35. The van der Waals surface area contributed by atoms with Crippen molar-refractivity contribution < 1.29 is 5.32 Å². The van der Waals surface area contributed by atoms with Crippen LogP contribution in [0.1, 0.15) is 5.56 Å². The summed E-state index contributed by atoms with van der Waals surface area (Å²) in [5.74, 6) is 0. The Morgan fingerprint density at radius 2 is 2.07 bits per heavy atom. The van der Waals surface area contributed by atoms with Gasteiger partial charge in [-0.25, -0.2) is 0 Å². The fourth-order valence-corrected chi connectivity index (χ4v) is 1.95. The quantitative estimate of drug-likeness (QED) is 0.758. The van der Waals surface area contributed by atoms with Gasteiger partial charge in [0.2, 0.25) is 0 Å². The summed E-state index contributed by atoms with van der Waals surface area (Å²) in [6, 6.07) is 5.58. The Kier molecular flexibility index (Phi) is 2.92. The summed E-state index contributed by atoms with van der Waals surface area (Å²) in [6.07, 6.45) is 6.24. The van der Waals surface area contributed by atoms with Gasteiger partial charge >= 0.3 is 0 Å². The summed E-state index contributed by atoms with van der Waals surface area (Å²) in [6.45, 7) is 0.963. The van der Waals surface area contributed by atoms with Crippen molar-refractivity contribution in [2.45, 2.75) is 0 Å². The van der Waals surface area contributed by atoms with Crippen molar-refractivity contribution in [3.63, 3.8) is 0 Å². The lowest BCUT2D eigenvalue weighted by molar-refractivity contribution is -0.578. The second kappa shape index (κ2) is 4.18. The van der Waals surface area contributed by atoms with Crippen LogP contribution in [0.25, 0.3) is 5.57 Å². The van der Waals surface area contributed by atoms with Gasteiger partial charge in [-0.05, 0) is 29.9 Å². The molecule has 3 heteroatoms. The minimum Gasteiger partial charge on any atom is -0.317 e. The van der Waals surface area contributed by atoms with E-state index in [1.165, 1.54) is 0 Å². The van der Waals surface area contributed by atoms with E-state index >= 15 is 0 Å². The van der Waals surface area contributed by atoms with Crippen LogP contribution in [0.15, 0.2) is 36.6 Å². The molecule has 0 spiro atoms. The fourth-order valence-electron chi connectivity index (χ4n) is 1.44. The number of benzene rings is 1. The molecule has 14 heavy (non-hydrogen) atoms. The third-order valence-corrected chi connectivity index (χ3v) is 2.68. The van der Waals surface area contributed by atoms with E-state index in [-0.39, 0.29) is 0 Å². The summed E-state index contributed by atoms with van der Waals surface area (Å²) < 4.78 is 0. The average molecular weight is 227 g/mol. The molecule has 0 bridgehead atoms. The highest BCUT2D eigenvalue weighted by atomic mass is 35.5. The number of hydrogen-bond acceptors (Lipinski definition) is 0. The Morgan fingerprint density at radius 1 is 1.21 bits per heavy atom. The van der Waals surface area contributed by atoms with Crippen molar-refractivity contribution in [3.05, 3.63) is 52.2 Å². The van der Waals surface area contributed by atoms with E-state index in [1.807, 2.05) is 18.3 Å². The molecule has 2 rings (SSSR count). The summed E-state index contributed by atoms with van der Waals surface area (Å²) in [5.41, 5.74) is 2.20. The molecule has 0 aromatic heterocycles. The number of allylic oxidation sites excluding steroid dienone is 2. The van der Waals surface area contributed by atoms with E-state index in [9.17, 15) is 0 Å². The van der Waals surface area contributed by atoms with Crippen LogP contribution in [-0.4, -0.2) is 6.54 Å². The van der Waals surface area contributed by atoms with E-state index in [1.54, 1.807) is 6.07 Å². The molecule has 1 aromatic carbocycles. The Morgan fingerprint density at radius 3 is 2.71 bits per heavy atom. The van der Waals surface area contributed by atoms with E-state index in [2.05, 4.69) is 17.5 Å². The first-order chi connectivity index (χ1) is 6.77. The molecule has 1 heterocycles. The van der Waals surface area contributed by atoms with Crippen molar-refractivity contribution in [1.82, 2.24) is 0 Å². The average Bonchev–Trinajstić information content (AvgIpc) is 2.19. The number of hydrogen-bond donors (Lipinski definition) is 1. The van der Waals surface area contributed by atoms with Crippen LogP contribution in [0.4, 0.5) is 0 Å². The first-order valence-corrected chi connectivity index (χ1v) is 5.18. The number of halogens is 2. The molecule has 1 aliphatic heterocycles. The molecule has 0 saturated heterocycles. The summed E-state index contributed by atoms with van der Waals surface area (Å²) in [7, 11) is 0. The van der Waals surface area contributed by atoms with Crippen molar-refractivity contribution in [1.29, 1.82) is 0 Å². The molecular weight excluding hydrogens is 217 g/mol. The number of quaternary nitrogens is 1. The number of rotatable bonds is 1. The zero-order chi connectivity index (χ0) is 9.97. The van der Waals surface area contributed by atoms with Crippen LogP contribution in [0.5, 0.6) is 0 Å². The maximum absolute atomic E-state index is 6.09. The lowest BCUT2D eigenvalue weighted by Gasteiger charge is -2.08. The van der Waals surface area contributed by atoms with Crippen LogP contribution < -0.4 is 5.32 Å². The molecule has 1 aliphatic rings. The topological polar surface area (TPSA) is 16.6 Å². The van der Waals surface area contributed by atoms with Crippen LogP contribution in [0.2, 0.25) is 10.0 Å². The van der Waals surface area contributed by atoms with Crippen LogP contribution in [-0.2, 0) is 0 Å². The molecule has 0 atom stereocenters. The minimum absolute atomic E-state index is 0.672. The first kappa shape index (κ1) is 9.78. The van der Waals surface area contributed by atoms with Gasteiger partial charge < -0.3 is 5.32 Å². The Balaban J connectivity index is 2.41. The third-order valence-electron chi connectivity index (χ3n) is 2.13. The molecule has 0 fully saturated rings. The van der Waals surface area contributed by atoms with Gasteiger partial charge in [-0.15, -0.1) is 0 Å². The maximum atomic E-state index is 6.09. The summed E-state index contributed by atoms with van der Waals surface area (Å²) >= 11 is 11.9. The highest BCUT2D eigenvalue weighted by Crippen LogP contribution is 2.27. The SMILES string of the molecule is Clc1ccc(C2=CC[NH2+]C=C2)c(Cl)c1. The molecule has 0 radical (unpaired) electrons. The van der Waals surface area contributed by atoms with E-state index in [0.717, 1.165) is 17.7 Å². The van der Waals surface area contributed by atoms with Gasteiger partial charge in [0, 0.05) is 15.6 Å². The standard InChI is InChI=1S/C11H9Cl2N/c12-9-1-2-10(11(13)7-9)8-3-5-14-6-4-8/h1-5,7,14H,6H2/p+1. The molecule has 1 aromatic rings. The largest absolute Gasteiger partial charge is 0.317 e. The Bertz CT molecular complexity index is 408. The van der Waals surface area contributed by atoms with E-state index < -0.39 is 0 Å².